The highest BCUT2D eigenvalue weighted by atomic mass is 127. The molecule has 1 aliphatic heterocycles. The van der Waals surface area contributed by atoms with Gasteiger partial charge in [-0.05, 0) is 46.9 Å². The van der Waals surface area contributed by atoms with Gasteiger partial charge in [0.2, 0.25) is 0 Å². The van der Waals surface area contributed by atoms with Crippen molar-refractivity contribution in [2.75, 3.05) is 18.0 Å². The summed E-state index contributed by atoms with van der Waals surface area (Å²) in [5.74, 6) is 0.832. The highest BCUT2D eigenvalue weighted by molar-refractivity contribution is 14.1. The number of hydrogen-bond acceptors (Lipinski definition) is 4. The van der Waals surface area contributed by atoms with Gasteiger partial charge in [-0.3, -0.25) is 0 Å². The molecule has 0 N–H and O–H groups in total. The summed E-state index contributed by atoms with van der Waals surface area (Å²) in [4.78, 5) is 2.11. The molecular formula is C14H13FIN3O. The molecule has 1 fully saturated rings. The van der Waals surface area contributed by atoms with E-state index in [1.54, 1.807) is 18.2 Å². The van der Waals surface area contributed by atoms with Crippen LogP contribution in [-0.2, 0) is 0 Å². The van der Waals surface area contributed by atoms with E-state index >= 15 is 0 Å². The molecule has 1 saturated heterocycles. The number of benzene rings is 1. The number of nitrogens with zero attached hydrogens (tertiary/aromatic N) is 3. The van der Waals surface area contributed by atoms with E-state index < -0.39 is 0 Å². The third kappa shape index (κ3) is 3.00. The summed E-state index contributed by atoms with van der Waals surface area (Å²) in [5.41, 5.74) is 0. The van der Waals surface area contributed by atoms with Crippen molar-refractivity contribution in [3.8, 4) is 5.75 Å². The van der Waals surface area contributed by atoms with Crippen molar-refractivity contribution in [2.45, 2.75) is 12.5 Å². The summed E-state index contributed by atoms with van der Waals surface area (Å²) >= 11 is 2.12. The smallest absolute Gasteiger partial charge is 0.165 e. The molecular weight excluding hydrogens is 372 g/mol. The summed E-state index contributed by atoms with van der Waals surface area (Å²) in [6, 6.07) is 10.4. The largest absolute Gasteiger partial charge is 0.485 e. The zero-order chi connectivity index (χ0) is 13.9. The Hall–Kier alpha value is -1.44. The predicted molar refractivity (Wildman–Crippen MR) is 82.4 cm³/mol. The predicted octanol–water partition coefficient (Wildman–Crippen LogP) is 2.88. The minimum atomic E-state index is -0.319. The first-order valence-corrected chi connectivity index (χ1v) is 7.45. The molecule has 1 aromatic heterocycles. The highest BCUT2D eigenvalue weighted by Crippen LogP contribution is 2.23. The molecule has 2 heterocycles. The zero-order valence-corrected chi connectivity index (χ0v) is 12.8. The Labute approximate surface area is 130 Å². The van der Waals surface area contributed by atoms with Crippen LogP contribution >= 0.6 is 22.6 Å². The van der Waals surface area contributed by atoms with Gasteiger partial charge < -0.3 is 9.64 Å². The molecule has 0 spiro atoms. The lowest BCUT2D eigenvalue weighted by Crippen LogP contribution is -2.25. The van der Waals surface area contributed by atoms with Crippen LogP contribution in [0.1, 0.15) is 6.42 Å². The van der Waals surface area contributed by atoms with Gasteiger partial charge in [-0.25, -0.2) is 4.39 Å². The van der Waals surface area contributed by atoms with Gasteiger partial charge in [0.05, 0.1) is 6.54 Å². The first kappa shape index (κ1) is 13.5. The Balaban J connectivity index is 1.65. The molecule has 0 radical (unpaired) electrons. The lowest BCUT2D eigenvalue weighted by Gasteiger charge is -2.17. The lowest BCUT2D eigenvalue weighted by molar-refractivity contribution is 0.215. The van der Waals surface area contributed by atoms with Crippen molar-refractivity contribution in [1.29, 1.82) is 0 Å². The van der Waals surface area contributed by atoms with Crippen molar-refractivity contribution >= 4 is 28.4 Å². The molecule has 2 aromatic rings. The van der Waals surface area contributed by atoms with Crippen LogP contribution in [-0.4, -0.2) is 29.4 Å². The normalized spacial score (nSPS) is 18.3. The Morgan fingerprint density at radius 2 is 2.05 bits per heavy atom. The van der Waals surface area contributed by atoms with Crippen LogP contribution in [0.2, 0.25) is 0 Å². The summed E-state index contributed by atoms with van der Waals surface area (Å²) in [7, 11) is 0. The topological polar surface area (TPSA) is 38.2 Å². The maximum Gasteiger partial charge on any atom is 0.165 e. The van der Waals surface area contributed by atoms with Gasteiger partial charge in [0, 0.05) is 13.0 Å². The van der Waals surface area contributed by atoms with Crippen LogP contribution in [0, 0.1) is 9.52 Å². The van der Waals surface area contributed by atoms with Gasteiger partial charge in [-0.15, -0.1) is 10.2 Å². The van der Waals surface area contributed by atoms with Crippen LogP contribution in [0.25, 0.3) is 0 Å². The molecule has 1 atom stereocenters. The number of aromatic nitrogens is 2. The number of rotatable bonds is 3. The van der Waals surface area contributed by atoms with Crippen molar-refractivity contribution in [3.05, 3.63) is 45.9 Å². The van der Waals surface area contributed by atoms with Crippen molar-refractivity contribution in [2.24, 2.45) is 0 Å². The highest BCUT2D eigenvalue weighted by Gasteiger charge is 2.25. The molecule has 1 aliphatic rings. The van der Waals surface area contributed by atoms with Crippen LogP contribution in [0.4, 0.5) is 10.2 Å². The molecule has 0 bridgehead atoms. The molecule has 4 nitrogen and oxygen atoms in total. The Bertz CT molecular complexity index is 593. The fourth-order valence-corrected chi connectivity index (χ4v) is 2.52. The standard InChI is InChI=1S/C14H13FIN3O/c15-11-3-1-2-4-12(11)20-10-7-8-19(9-10)14-6-5-13(16)17-18-14/h1-6,10H,7-9H2. The van der Waals surface area contributed by atoms with Gasteiger partial charge in [-0.1, -0.05) is 12.1 Å². The summed E-state index contributed by atoms with van der Waals surface area (Å²) in [6.07, 6.45) is 0.829. The van der Waals surface area contributed by atoms with Gasteiger partial charge in [-0.2, -0.15) is 0 Å². The number of ether oxygens (including phenoxy) is 1. The molecule has 6 heteroatoms. The first-order chi connectivity index (χ1) is 9.72. The van der Waals surface area contributed by atoms with E-state index in [4.69, 9.17) is 4.74 Å². The second kappa shape index (κ2) is 5.90. The molecule has 104 valence electrons. The summed E-state index contributed by atoms with van der Waals surface area (Å²) in [6.45, 7) is 1.54. The van der Waals surface area contributed by atoms with E-state index in [-0.39, 0.29) is 11.9 Å². The quantitative estimate of drug-likeness (QED) is 0.762. The molecule has 0 aliphatic carbocycles. The van der Waals surface area contributed by atoms with E-state index in [9.17, 15) is 4.39 Å². The van der Waals surface area contributed by atoms with E-state index in [0.29, 0.717) is 12.3 Å². The minimum Gasteiger partial charge on any atom is -0.485 e. The SMILES string of the molecule is Fc1ccccc1OC1CCN(c2ccc(I)nn2)C1. The maximum atomic E-state index is 13.5. The van der Waals surface area contributed by atoms with Gasteiger partial charge >= 0.3 is 0 Å². The van der Waals surface area contributed by atoms with Crippen LogP contribution in [0.5, 0.6) is 5.75 Å². The Morgan fingerprint density at radius 3 is 2.80 bits per heavy atom. The van der Waals surface area contributed by atoms with E-state index in [0.717, 1.165) is 22.5 Å². The van der Waals surface area contributed by atoms with Crippen molar-refractivity contribution in [3.63, 3.8) is 0 Å². The number of halogens is 2. The van der Waals surface area contributed by atoms with Crippen molar-refractivity contribution in [1.82, 2.24) is 10.2 Å². The van der Waals surface area contributed by atoms with E-state index in [2.05, 4.69) is 37.7 Å². The van der Waals surface area contributed by atoms with E-state index in [1.807, 2.05) is 12.1 Å². The molecule has 1 unspecified atom stereocenters. The second-order valence-corrected chi connectivity index (χ2v) is 5.72. The monoisotopic (exact) mass is 385 g/mol. The van der Waals surface area contributed by atoms with Crippen LogP contribution < -0.4 is 9.64 Å². The Morgan fingerprint density at radius 1 is 1.20 bits per heavy atom. The van der Waals surface area contributed by atoms with Gasteiger partial charge in [0.1, 0.15) is 9.80 Å². The zero-order valence-electron chi connectivity index (χ0n) is 10.7. The van der Waals surface area contributed by atoms with Gasteiger partial charge in [0.25, 0.3) is 0 Å². The fraction of sp³-hybridized carbons (Fsp3) is 0.286. The average molecular weight is 385 g/mol. The molecule has 20 heavy (non-hydrogen) atoms. The second-order valence-electron chi connectivity index (χ2n) is 4.62. The maximum absolute atomic E-state index is 13.5. The third-order valence-corrected chi connectivity index (χ3v) is 3.79. The molecule has 0 amide bonds. The number of hydrogen-bond donors (Lipinski definition) is 0. The first-order valence-electron chi connectivity index (χ1n) is 6.38. The van der Waals surface area contributed by atoms with Crippen molar-refractivity contribution < 1.29 is 9.13 Å². The number of anilines is 1. The minimum absolute atomic E-state index is 0.0204. The molecule has 0 saturated carbocycles. The Kier molecular flexibility index (Phi) is 4.00. The summed E-state index contributed by atoms with van der Waals surface area (Å²) < 4.78 is 20.1. The fourth-order valence-electron chi connectivity index (χ4n) is 2.23. The van der Waals surface area contributed by atoms with E-state index in [1.165, 1.54) is 6.07 Å². The molecule has 1 aromatic carbocycles. The van der Waals surface area contributed by atoms with Crippen LogP contribution in [0.3, 0.4) is 0 Å². The van der Waals surface area contributed by atoms with Crippen LogP contribution in [0.15, 0.2) is 36.4 Å². The third-order valence-electron chi connectivity index (χ3n) is 3.22. The molecule has 3 rings (SSSR count). The number of para-hydroxylation sites is 1. The lowest BCUT2D eigenvalue weighted by atomic mass is 10.3. The van der Waals surface area contributed by atoms with Gasteiger partial charge in [0.15, 0.2) is 17.4 Å². The summed E-state index contributed by atoms with van der Waals surface area (Å²) in [5, 5.41) is 8.20. The average Bonchev–Trinajstić information content (AvgIpc) is 2.91.